The SMILES string of the molecule is COc1ccccc1NC(=O)[C@H]1[C@@H](c2cccnc2)n2ncnc2N[C@@H]1C. The highest BCUT2D eigenvalue weighted by atomic mass is 16.5. The Morgan fingerprint density at radius 2 is 2.11 bits per heavy atom. The van der Waals surface area contributed by atoms with Gasteiger partial charge in [-0.1, -0.05) is 18.2 Å². The fourth-order valence-electron chi connectivity index (χ4n) is 3.51. The van der Waals surface area contributed by atoms with Gasteiger partial charge in [-0.15, -0.1) is 0 Å². The van der Waals surface area contributed by atoms with Gasteiger partial charge in [-0.2, -0.15) is 10.1 Å². The van der Waals surface area contributed by atoms with E-state index in [9.17, 15) is 4.79 Å². The van der Waals surface area contributed by atoms with E-state index < -0.39 is 5.92 Å². The Balaban J connectivity index is 1.72. The van der Waals surface area contributed by atoms with Crippen LogP contribution >= 0.6 is 0 Å². The van der Waals surface area contributed by atoms with Gasteiger partial charge in [0.15, 0.2) is 0 Å². The number of pyridine rings is 1. The second-order valence-corrected chi connectivity index (χ2v) is 6.41. The number of aromatic nitrogens is 4. The van der Waals surface area contributed by atoms with Crippen LogP contribution in [-0.4, -0.2) is 38.8 Å². The zero-order valence-corrected chi connectivity index (χ0v) is 15.0. The number of hydrogen-bond acceptors (Lipinski definition) is 6. The molecule has 1 aliphatic heterocycles. The molecule has 0 bridgehead atoms. The minimum Gasteiger partial charge on any atom is -0.495 e. The van der Waals surface area contributed by atoms with Gasteiger partial charge in [0.05, 0.1) is 24.8 Å². The average Bonchev–Trinajstić information content (AvgIpc) is 3.15. The Bertz CT molecular complexity index is 942. The van der Waals surface area contributed by atoms with Gasteiger partial charge in [-0.05, 0) is 30.7 Å². The molecule has 1 amide bonds. The van der Waals surface area contributed by atoms with Crippen LogP contribution < -0.4 is 15.4 Å². The number of carbonyl (C=O) groups excluding carboxylic acids is 1. The summed E-state index contributed by atoms with van der Waals surface area (Å²) in [7, 11) is 1.58. The van der Waals surface area contributed by atoms with Crippen LogP contribution in [0.5, 0.6) is 5.75 Å². The molecule has 3 aromatic rings. The van der Waals surface area contributed by atoms with E-state index in [0.717, 1.165) is 5.56 Å². The van der Waals surface area contributed by atoms with Gasteiger partial charge in [0.2, 0.25) is 11.9 Å². The first-order valence-corrected chi connectivity index (χ1v) is 8.69. The maximum absolute atomic E-state index is 13.3. The van der Waals surface area contributed by atoms with Crippen LogP contribution in [0.25, 0.3) is 0 Å². The van der Waals surface area contributed by atoms with Crippen LogP contribution in [0.15, 0.2) is 55.1 Å². The highest BCUT2D eigenvalue weighted by Crippen LogP contribution is 2.36. The lowest BCUT2D eigenvalue weighted by atomic mass is 9.86. The number of fused-ring (bicyclic) bond motifs is 1. The molecule has 0 unspecified atom stereocenters. The molecule has 2 N–H and O–H groups in total. The molecule has 3 heterocycles. The molecule has 8 nitrogen and oxygen atoms in total. The van der Waals surface area contributed by atoms with E-state index in [1.54, 1.807) is 24.2 Å². The van der Waals surface area contributed by atoms with Crippen molar-refractivity contribution in [3.05, 3.63) is 60.7 Å². The Hall–Kier alpha value is -3.42. The van der Waals surface area contributed by atoms with E-state index >= 15 is 0 Å². The highest BCUT2D eigenvalue weighted by Gasteiger charge is 2.41. The number of methoxy groups -OCH3 is 1. The van der Waals surface area contributed by atoms with Crippen molar-refractivity contribution in [2.24, 2.45) is 5.92 Å². The van der Waals surface area contributed by atoms with Gasteiger partial charge in [-0.3, -0.25) is 9.78 Å². The molecular weight excluding hydrogens is 344 g/mol. The summed E-state index contributed by atoms with van der Waals surface area (Å²) in [6, 6.07) is 10.7. The third-order valence-corrected chi connectivity index (χ3v) is 4.77. The molecule has 1 aromatic carbocycles. The lowest BCUT2D eigenvalue weighted by molar-refractivity contribution is -0.121. The summed E-state index contributed by atoms with van der Waals surface area (Å²) in [5.74, 6) is 0.696. The number of nitrogens with one attached hydrogen (secondary N) is 2. The van der Waals surface area contributed by atoms with Crippen LogP contribution in [0, 0.1) is 5.92 Å². The molecule has 0 aliphatic carbocycles. The van der Waals surface area contributed by atoms with Gasteiger partial charge in [0.25, 0.3) is 0 Å². The summed E-state index contributed by atoms with van der Waals surface area (Å²) >= 11 is 0. The van der Waals surface area contributed by atoms with E-state index in [4.69, 9.17) is 4.74 Å². The van der Waals surface area contributed by atoms with Crippen LogP contribution in [-0.2, 0) is 4.79 Å². The number of nitrogens with zero attached hydrogens (tertiary/aromatic N) is 4. The Kier molecular flexibility index (Phi) is 4.45. The predicted molar refractivity (Wildman–Crippen MR) is 101 cm³/mol. The van der Waals surface area contributed by atoms with E-state index in [2.05, 4.69) is 25.7 Å². The summed E-state index contributed by atoms with van der Waals surface area (Å²) < 4.78 is 7.09. The molecule has 2 aromatic heterocycles. The molecule has 0 saturated carbocycles. The summed E-state index contributed by atoms with van der Waals surface area (Å²) in [4.78, 5) is 21.7. The first-order valence-electron chi connectivity index (χ1n) is 8.69. The van der Waals surface area contributed by atoms with Crippen LogP contribution in [0.2, 0.25) is 0 Å². The fourth-order valence-corrected chi connectivity index (χ4v) is 3.51. The zero-order chi connectivity index (χ0) is 18.8. The van der Waals surface area contributed by atoms with E-state index in [1.807, 2.05) is 43.3 Å². The number of para-hydroxylation sites is 2. The minimum atomic E-state index is -0.423. The Morgan fingerprint density at radius 3 is 2.89 bits per heavy atom. The van der Waals surface area contributed by atoms with Gasteiger partial charge in [0.1, 0.15) is 12.1 Å². The van der Waals surface area contributed by atoms with Crippen molar-refractivity contribution >= 4 is 17.5 Å². The minimum absolute atomic E-state index is 0.130. The topological polar surface area (TPSA) is 94.0 Å². The number of ether oxygens (including phenoxy) is 1. The van der Waals surface area contributed by atoms with E-state index in [1.165, 1.54) is 6.33 Å². The van der Waals surface area contributed by atoms with Gasteiger partial charge >= 0.3 is 0 Å². The molecule has 0 saturated heterocycles. The molecule has 8 heteroatoms. The molecule has 1 aliphatic rings. The zero-order valence-electron chi connectivity index (χ0n) is 15.0. The number of amides is 1. The standard InChI is InChI=1S/C19H20N6O2/c1-12-16(18(26)24-14-7-3-4-8-15(14)27-2)17(13-6-5-9-20-10-13)25-19(23-12)21-11-22-25/h3-12,16-17H,1-2H3,(H,24,26)(H,21,22,23)/t12-,16-,17-/m1/s1. The molecule has 4 rings (SSSR count). The molecule has 0 radical (unpaired) electrons. The summed E-state index contributed by atoms with van der Waals surface area (Å²) in [6.45, 7) is 1.97. The van der Waals surface area contributed by atoms with Gasteiger partial charge < -0.3 is 15.4 Å². The smallest absolute Gasteiger partial charge is 0.232 e. The Morgan fingerprint density at radius 1 is 1.26 bits per heavy atom. The molecule has 0 spiro atoms. The fraction of sp³-hybridized carbons (Fsp3) is 0.263. The average molecular weight is 364 g/mol. The van der Waals surface area contributed by atoms with Crippen molar-refractivity contribution in [3.8, 4) is 5.75 Å². The van der Waals surface area contributed by atoms with Crippen LogP contribution in [0.4, 0.5) is 11.6 Å². The van der Waals surface area contributed by atoms with Crippen molar-refractivity contribution < 1.29 is 9.53 Å². The third kappa shape index (κ3) is 3.10. The van der Waals surface area contributed by atoms with Crippen molar-refractivity contribution in [2.75, 3.05) is 17.7 Å². The summed E-state index contributed by atoms with van der Waals surface area (Å²) in [5, 5.41) is 10.6. The number of rotatable bonds is 4. The van der Waals surface area contributed by atoms with Crippen molar-refractivity contribution in [3.63, 3.8) is 0 Å². The Labute approximate surface area is 156 Å². The summed E-state index contributed by atoms with van der Waals surface area (Å²) in [6.07, 6.45) is 4.96. The molecule has 0 fully saturated rings. The second-order valence-electron chi connectivity index (χ2n) is 6.41. The first-order chi connectivity index (χ1) is 13.2. The molecule has 27 heavy (non-hydrogen) atoms. The maximum Gasteiger partial charge on any atom is 0.232 e. The maximum atomic E-state index is 13.3. The highest BCUT2D eigenvalue weighted by molar-refractivity contribution is 5.95. The predicted octanol–water partition coefficient (Wildman–Crippen LogP) is 2.34. The first kappa shape index (κ1) is 17.0. The quantitative estimate of drug-likeness (QED) is 0.738. The van der Waals surface area contributed by atoms with Crippen molar-refractivity contribution in [1.29, 1.82) is 0 Å². The van der Waals surface area contributed by atoms with Crippen molar-refractivity contribution in [1.82, 2.24) is 19.7 Å². The second kappa shape index (κ2) is 7.06. The summed E-state index contributed by atoms with van der Waals surface area (Å²) in [5.41, 5.74) is 1.53. The van der Waals surface area contributed by atoms with E-state index in [0.29, 0.717) is 17.4 Å². The van der Waals surface area contributed by atoms with Crippen LogP contribution in [0.3, 0.4) is 0 Å². The lowest BCUT2D eigenvalue weighted by Crippen LogP contribution is -2.46. The largest absolute Gasteiger partial charge is 0.495 e. The van der Waals surface area contributed by atoms with Gasteiger partial charge in [0, 0.05) is 18.4 Å². The van der Waals surface area contributed by atoms with E-state index in [-0.39, 0.29) is 18.0 Å². The monoisotopic (exact) mass is 364 g/mol. The molecule has 138 valence electrons. The van der Waals surface area contributed by atoms with Crippen molar-refractivity contribution in [2.45, 2.75) is 19.0 Å². The number of anilines is 2. The van der Waals surface area contributed by atoms with Gasteiger partial charge in [-0.25, -0.2) is 4.68 Å². The number of carbonyl (C=O) groups is 1. The normalized spacial score (nSPS) is 21.0. The van der Waals surface area contributed by atoms with Crippen LogP contribution in [0.1, 0.15) is 18.5 Å². The molecular formula is C19H20N6O2. The molecule has 3 atom stereocenters. The third-order valence-electron chi connectivity index (χ3n) is 4.77. The number of benzene rings is 1. The lowest BCUT2D eigenvalue weighted by Gasteiger charge is -2.36. The number of hydrogen-bond donors (Lipinski definition) is 2.